The van der Waals surface area contributed by atoms with Gasteiger partial charge in [0, 0.05) is 49.5 Å². The molecular formula is C24H29N5O4. The van der Waals surface area contributed by atoms with Gasteiger partial charge in [0.05, 0.1) is 11.5 Å². The standard InChI is InChI=1S/C24H29N5O4/c30-23(25-19-6-2-1-3-7-19)17-27-14-10-20(11-15-27)26-24(31)18-8-9-21(22(16-18)29(32)33)28-12-4-5-13-28/h1-3,6-9,16,20H,4-5,10-15,17H2,(H,25,30)(H,26,31). The fraction of sp³-hybridized carbons (Fsp3) is 0.417. The monoisotopic (exact) mass is 451 g/mol. The summed E-state index contributed by atoms with van der Waals surface area (Å²) < 4.78 is 0. The molecule has 2 saturated heterocycles. The highest BCUT2D eigenvalue weighted by molar-refractivity contribution is 5.96. The smallest absolute Gasteiger partial charge is 0.293 e. The molecule has 2 fully saturated rings. The molecule has 2 aliphatic heterocycles. The zero-order chi connectivity index (χ0) is 23.2. The molecule has 2 amide bonds. The molecule has 9 heteroatoms. The number of hydrogen-bond donors (Lipinski definition) is 2. The van der Waals surface area contributed by atoms with E-state index in [1.807, 2.05) is 35.2 Å². The predicted molar refractivity (Wildman–Crippen MR) is 127 cm³/mol. The summed E-state index contributed by atoms with van der Waals surface area (Å²) in [7, 11) is 0. The van der Waals surface area contributed by atoms with E-state index >= 15 is 0 Å². The zero-order valence-electron chi connectivity index (χ0n) is 18.5. The predicted octanol–water partition coefficient (Wildman–Crippen LogP) is 3.03. The summed E-state index contributed by atoms with van der Waals surface area (Å²) in [5.41, 5.74) is 1.63. The maximum atomic E-state index is 12.8. The Labute approximate surface area is 192 Å². The number of nitro groups is 1. The number of benzene rings is 2. The van der Waals surface area contributed by atoms with Gasteiger partial charge in [-0.1, -0.05) is 18.2 Å². The molecule has 0 bridgehead atoms. The van der Waals surface area contributed by atoms with Crippen LogP contribution in [0.1, 0.15) is 36.0 Å². The van der Waals surface area contributed by atoms with Crippen LogP contribution < -0.4 is 15.5 Å². The summed E-state index contributed by atoms with van der Waals surface area (Å²) in [6.45, 7) is 3.30. The van der Waals surface area contributed by atoms with Crippen LogP contribution in [0.5, 0.6) is 0 Å². The lowest BCUT2D eigenvalue weighted by Gasteiger charge is -2.31. The van der Waals surface area contributed by atoms with Crippen molar-refractivity contribution in [2.24, 2.45) is 0 Å². The van der Waals surface area contributed by atoms with Gasteiger partial charge in [0.2, 0.25) is 5.91 Å². The van der Waals surface area contributed by atoms with Crippen molar-refractivity contribution in [2.45, 2.75) is 31.7 Å². The molecule has 4 rings (SSSR count). The zero-order valence-corrected chi connectivity index (χ0v) is 18.5. The molecule has 0 spiro atoms. The molecule has 2 aliphatic rings. The SMILES string of the molecule is O=C(CN1CCC(NC(=O)c2ccc(N3CCCC3)c([N+](=O)[O-])c2)CC1)Nc1ccccc1. The second-order valence-electron chi connectivity index (χ2n) is 8.59. The normalized spacial score (nSPS) is 17.0. The molecule has 0 aromatic heterocycles. The fourth-order valence-electron chi connectivity index (χ4n) is 4.47. The van der Waals surface area contributed by atoms with E-state index in [4.69, 9.17) is 0 Å². The molecule has 0 radical (unpaired) electrons. The minimum absolute atomic E-state index is 0.0243. The molecule has 2 aromatic rings. The van der Waals surface area contributed by atoms with Crippen LogP contribution in [-0.4, -0.2) is 60.4 Å². The van der Waals surface area contributed by atoms with Crippen LogP contribution in [0.2, 0.25) is 0 Å². The maximum absolute atomic E-state index is 12.8. The molecule has 0 saturated carbocycles. The quantitative estimate of drug-likeness (QED) is 0.495. The van der Waals surface area contributed by atoms with Gasteiger partial charge in [-0.2, -0.15) is 0 Å². The van der Waals surface area contributed by atoms with Gasteiger partial charge in [0.25, 0.3) is 11.6 Å². The van der Waals surface area contributed by atoms with Gasteiger partial charge in [-0.3, -0.25) is 24.6 Å². The summed E-state index contributed by atoms with van der Waals surface area (Å²) in [6, 6.07) is 14.1. The Hall–Kier alpha value is -3.46. The molecule has 174 valence electrons. The first-order chi connectivity index (χ1) is 16.0. The van der Waals surface area contributed by atoms with Crippen LogP contribution in [0.4, 0.5) is 17.1 Å². The maximum Gasteiger partial charge on any atom is 0.293 e. The second kappa shape index (κ2) is 10.4. The average molecular weight is 452 g/mol. The third kappa shape index (κ3) is 5.87. The number of hydrogen-bond acceptors (Lipinski definition) is 6. The topological polar surface area (TPSA) is 108 Å². The number of nitrogens with zero attached hydrogens (tertiary/aromatic N) is 3. The number of carbonyl (C=O) groups excluding carboxylic acids is 2. The highest BCUT2D eigenvalue weighted by Gasteiger charge is 2.26. The van der Waals surface area contributed by atoms with E-state index < -0.39 is 4.92 Å². The van der Waals surface area contributed by atoms with Crippen LogP contribution >= 0.6 is 0 Å². The molecule has 33 heavy (non-hydrogen) atoms. The van der Waals surface area contributed by atoms with Crippen molar-refractivity contribution in [3.63, 3.8) is 0 Å². The number of anilines is 2. The Morgan fingerprint density at radius 3 is 2.36 bits per heavy atom. The van der Waals surface area contributed by atoms with Crippen LogP contribution in [0.15, 0.2) is 48.5 Å². The largest absolute Gasteiger partial charge is 0.366 e. The van der Waals surface area contributed by atoms with Crippen molar-refractivity contribution in [3.05, 3.63) is 64.2 Å². The van der Waals surface area contributed by atoms with Crippen molar-refractivity contribution >= 4 is 28.9 Å². The van der Waals surface area contributed by atoms with E-state index in [9.17, 15) is 19.7 Å². The summed E-state index contributed by atoms with van der Waals surface area (Å²) in [6.07, 6.45) is 3.48. The Balaban J connectivity index is 1.28. The minimum Gasteiger partial charge on any atom is -0.366 e. The third-order valence-corrected chi connectivity index (χ3v) is 6.23. The number of para-hydroxylation sites is 1. The number of piperidine rings is 1. The van der Waals surface area contributed by atoms with Gasteiger partial charge in [-0.25, -0.2) is 0 Å². The highest BCUT2D eigenvalue weighted by atomic mass is 16.6. The van der Waals surface area contributed by atoms with E-state index in [2.05, 4.69) is 15.5 Å². The van der Waals surface area contributed by atoms with Crippen molar-refractivity contribution in [3.8, 4) is 0 Å². The lowest BCUT2D eigenvalue weighted by molar-refractivity contribution is -0.384. The van der Waals surface area contributed by atoms with Crippen LogP contribution in [0, 0.1) is 10.1 Å². The first-order valence-corrected chi connectivity index (χ1v) is 11.4. The van der Waals surface area contributed by atoms with Gasteiger partial charge in [0.1, 0.15) is 5.69 Å². The number of amides is 2. The van der Waals surface area contributed by atoms with Gasteiger partial charge in [-0.15, -0.1) is 0 Å². The highest BCUT2D eigenvalue weighted by Crippen LogP contribution is 2.31. The van der Waals surface area contributed by atoms with Crippen molar-refractivity contribution < 1.29 is 14.5 Å². The molecule has 0 atom stereocenters. The van der Waals surface area contributed by atoms with E-state index in [0.29, 0.717) is 30.9 Å². The molecule has 0 unspecified atom stereocenters. The second-order valence-corrected chi connectivity index (χ2v) is 8.59. The average Bonchev–Trinajstić information content (AvgIpc) is 3.35. The number of nitrogens with one attached hydrogen (secondary N) is 2. The molecular weight excluding hydrogens is 422 g/mol. The van der Waals surface area contributed by atoms with Gasteiger partial charge < -0.3 is 15.5 Å². The minimum atomic E-state index is -0.413. The number of rotatable bonds is 7. The first-order valence-electron chi connectivity index (χ1n) is 11.4. The first kappa shape index (κ1) is 22.7. The van der Waals surface area contributed by atoms with E-state index in [-0.39, 0.29) is 23.5 Å². The summed E-state index contributed by atoms with van der Waals surface area (Å²) in [5.74, 6) is -0.361. The van der Waals surface area contributed by atoms with Crippen LogP contribution in [0.25, 0.3) is 0 Å². The lowest BCUT2D eigenvalue weighted by Crippen LogP contribution is -2.46. The Morgan fingerprint density at radius 2 is 1.70 bits per heavy atom. The van der Waals surface area contributed by atoms with E-state index in [1.165, 1.54) is 6.07 Å². The Bertz CT molecular complexity index is 999. The van der Waals surface area contributed by atoms with Crippen molar-refractivity contribution in [2.75, 3.05) is 42.9 Å². The van der Waals surface area contributed by atoms with Crippen LogP contribution in [0.3, 0.4) is 0 Å². The van der Waals surface area contributed by atoms with Crippen LogP contribution in [-0.2, 0) is 4.79 Å². The Kier molecular flexibility index (Phi) is 7.19. The van der Waals surface area contributed by atoms with Crippen molar-refractivity contribution in [1.29, 1.82) is 0 Å². The van der Waals surface area contributed by atoms with Gasteiger partial charge in [-0.05, 0) is 49.9 Å². The Morgan fingerprint density at radius 1 is 1.00 bits per heavy atom. The number of nitro benzene ring substituents is 1. The third-order valence-electron chi connectivity index (χ3n) is 6.23. The lowest BCUT2D eigenvalue weighted by atomic mass is 10.0. The molecule has 2 heterocycles. The summed E-state index contributed by atoms with van der Waals surface area (Å²) >= 11 is 0. The number of likely N-dealkylation sites (tertiary alicyclic amines) is 1. The molecule has 9 nitrogen and oxygen atoms in total. The van der Waals surface area contributed by atoms with Crippen molar-refractivity contribution in [1.82, 2.24) is 10.2 Å². The molecule has 2 N–H and O–H groups in total. The molecule has 2 aromatic carbocycles. The van der Waals surface area contributed by atoms with E-state index in [0.717, 1.165) is 44.5 Å². The fourth-order valence-corrected chi connectivity index (χ4v) is 4.47. The molecule has 0 aliphatic carbocycles. The number of carbonyl (C=O) groups is 2. The van der Waals surface area contributed by atoms with Gasteiger partial charge >= 0.3 is 0 Å². The summed E-state index contributed by atoms with van der Waals surface area (Å²) in [4.78, 5) is 40.3. The van der Waals surface area contributed by atoms with E-state index in [1.54, 1.807) is 12.1 Å². The van der Waals surface area contributed by atoms with Gasteiger partial charge in [0.15, 0.2) is 0 Å². The summed E-state index contributed by atoms with van der Waals surface area (Å²) in [5, 5.41) is 17.5.